The second-order valence-electron chi connectivity index (χ2n) is 10.7. The molecule has 8 nitrogen and oxygen atoms in total. The highest BCUT2D eigenvalue weighted by atomic mass is 16.6. The van der Waals surface area contributed by atoms with Gasteiger partial charge in [-0.05, 0) is 82.3 Å². The van der Waals surface area contributed by atoms with E-state index >= 15 is 0 Å². The number of carbonyl (C=O) groups is 1. The molecule has 2 heterocycles. The van der Waals surface area contributed by atoms with E-state index in [1.807, 2.05) is 51.2 Å². The second kappa shape index (κ2) is 12.2. The van der Waals surface area contributed by atoms with Gasteiger partial charge in [-0.3, -0.25) is 0 Å². The average Bonchev–Trinajstić information content (AvgIpc) is 2.89. The Labute approximate surface area is 225 Å². The van der Waals surface area contributed by atoms with Gasteiger partial charge in [0, 0.05) is 43.0 Å². The van der Waals surface area contributed by atoms with Crippen LogP contribution in [0.5, 0.6) is 11.5 Å². The Balaban J connectivity index is 1.31. The molecule has 38 heavy (non-hydrogen) atoms. The molecule has 0 unspecified atom stereocenters. The Morgan fingerprint density at radius 2 is 1.89 bits per heavy atom. The van der Waals surface area contributed by atoms with Crippen molar-refractivity contribution in [3.63, 3.8) is 0 Å². The molecule has 8 heteroatoms. The number of aryl methyl sites for hydroxylation is 2. The van der Waals surface area contributed by atoms with Gasteiger partial charge in [0.25, 0.3) is 0 Å². The van der Waals surface area contributed by atoms with Crippen molar-refractivity contribution < 1.29 is 19.4 Å². The number of ether oxygens (including phenoxy) is 2. The lowest BCUT2D eigenvalue weighted by Crippen LogP contribution is -2.44. The van der Waals surface area contributed by atoms with E-state index in [1.54, 1.807) is 18.1 Å². The Kier molecular flexibility index (Phi) is 8.71. The lowest BCUT2D eigenvalue weighted by atomic mass is 10.0. The van der Waals surface area contributed by atoms with E-state index in [4.69, 9.17) is 14.5 Å². The normalized spacial score (nSPS) is 14.3. The Morgan fingerprint density at radius 1 is 1.11 bits per heavy atom. The van der Waals surface area contributed by atoms with Crippen molar-refractivity contribution in [1.29, 1.82) is 0 Å². The number of methoxy groups -OCH3 is 1. The zero-order chi connectivity index (χ0) is 27.1. The molecule has 0 spiro atoms. The third kappa shape index (κ3) is 7.60. The predicted octanol–water partition coefficient (Wildman–Crippen LogP) is 5.84. The fraction of sp³-hybridized carbons (Fsp3) is 0.433. The van der Waals surface area contributed by atoms with Crippen molar-refractivity contribution in [3.8, 4) is 22.8 Å². The van der Waals surface area contributed by atoms with Crippen LogP contribution >= 0.6 is 0 Å². The summed E-state index contributed by atoms with van der Waals surface area (Å²) >= 11 is 0. The largest absolute Gasteiger partial charge is 0.504 e. The van der Waals surface area contributed by atoms with Crippen LogP contribution in [-0.2, 0) is 17.6 Å². The maximum Gasteiger partial charge on any atom is 0.410 e. The fourth-order valence-electron chi connectivity index (χ4n) is 4.55. The van der Waals surface area contributed by atoms with Crippen LogP contribution in [0.15, 0.2) is 54.7 Å². The van der Waals surface area contributed by atoms with E-state index in [1.165, 1.54) is 0 Å². The summed E-state index contributed by atoms with van der Waals surface area (Å²) in [5, 5.41) is 13.4. The molecule has 2 N–H and O–H groups in total. The summed E-state index contributed by atoms with van der Waals surface area (Å²) in [7, 11) is 1.55. The molecule has 1 saturated heterocycles. The zero-order valence-electron chi connectivity index (χ0n) is 22.7. The highest BCUT2D eigenvalue weighted by Gasteiger charge is 2.26. The lowest BCUT2D eigenvalue weighted by molar-refractivity contribution is 0.0210. The van der Waals surface area contributed by atoms with E-state index in [0.717, 1.165) is 60.4 Å². The number of phenolic OH excluding ortho intramolecular Hbond substituents is 1. The molecule has 0 atom stereocenters. The topological polar surface area (TPSA) is 96.8 Å². The molecule has 4 rings (SSSR count). The first kappa shape index (κ1) is 27.2. The number of rotatable bonds is 8. The minimum atomic E-state index is -0.478. The smallest absolute Gasteiger partial charge is 0.410 e. The molecule has 0 saturated carbocycles. The maximum absolute atomic E-state index is 12.3. The third-order valence-electron chi connectivity index (χ3n) is 6.49. The number of amides is 1. The number of nitrogens with one attached hydrogen (secondary N) is 1. The quantitative estimate of drug-likeness (QED) is 0.386. The van der Waals surface area contributed by atoms with Crippen LogP contribution < -0.4 is 10.1 Å². The van der Waals surface area contributed by atoms with Crippen LogP contribution in [0.4, 0.5) is 10.5 Å². The van der Waals surface area contributed by atoms with Crippen LogP contribution in [-0.4, -0.2) is 57.9 Å². The van der Waals surface area contributed by atoms with Crippen LogP contribution in [0.25, 0.3) is 11.3 Å². The van der Waals surface area contributed by atoms with Crippen LogP contribution in [0, 0.1) is 0 Å². The molecule has 1 aliphatic rings. The molecule has 0 aliphatic carbocycles. The van der Waals surface area contributed by atoms with Crippen molar-refractivity contribution in [1.82, 2.24) is 14.9 Å². The number of phenols is 1. The van der Waals surface area contributed by atoms with Crippen molar-refractivity contribution in [2.45, 2.75) is 64.5 Å². The fourth-order valence-corrected chi connectivity index (χ4v) is 4.55. The zero-order valence-corrected chi connectivity index (χ0v) is 22.7. The van der Waals surface area contributed by atoms with Crippen molar-refractivity contribution >= 4 is 11.8 Å². The molecule has 1 aromatic heterocycles. The number of nitrogens with zero attached hydrogens (tertiary/aromatic N) is 3. The second-order valence-corrected chi connectivity index (χ2v) is 10.7. The van der Waals surface area contributed by atoms with Crippen LogP contribution in [0.3, 0.4) is 0 Å². The minimum absolute atomic E-state index is 0.148. The van der Waals surface area contributed by atoms with Gasteiger partial charge in [0.2, 0.25) is 0 Å². The molecule has 0 radical (unpaired) electrons. The number of piperidine rings is 1. The summed E-state index contributed by atoms with van der Waals surface area (Å²) in [5.41, 5.74) is 3.60. The SMILES string of the molecule is COc1cc(CCCc2nccc(-c3cccc(NC4CCN(C(=O)OC(C)(C)C)CC4)c3)n2)ccc1O. The summed E-state index contributed by atoms with van der Waals surface area (Å²) < 4.78 is 10.7. The van der Waals surface area contributed by atoms with Gasteiger partial charge in [-0.1, -0.05) is 18.2 Å². The van der Waals surface area contributed by atoms with E-state index in [2.05, 4.69) is 28.5 Å². The molecule has 1 amide bonds. The Morgan fingerprint density at radius 3 is 2.63 bits per heavy atom. The Hall–Kier alpha value is -3.81. The maximum atomic E-state index is 12.3. The van der Waals surface area contributed by atoms with Gasteiger partial charge in [0.1, 0.15) is 11.4 Å². The standard InChI is InChI=1S/C30H38N4O4/c1-30(2,3)38-29(36)34-17-14-23(15-18-34)32-24-9-6-8-22(20-24)25-13-16-31-28(33-25)10-5-7-21-11-12-26(35)27(19-21)37-4/h6,8-9,11-13,16,19-20,23,32,35H,5,7,10,14-15,17-18H2,1-4H3. The summed E-state index contributed by atoms with van der Waals surface area (Å²) in [5.74, 6) is 1.44. The van der Waals surface area contributed by atoms with Gasteiger partial charge in [-0.2, -0.15) is 0 Å². The first-order valence-electron chi connectivity index (χ1n) is 13.2. The van der Waals surface area contributed by atoms with Crippen molar-refractivity contribution in [2.75, 3.05) is 25.5 Å². The first-order valence-corrected chi connectivity index (χ1v) is 13.2. The van der Waals surface area contributed by atoms with Gasteiger partial charge in [-0.25, -0.2) is 14.8 Å². The van der Waals surface area contributed by atoms with Gasteiger partial charge in [-0.15, -0.1) is 0 Å². The van der Waals surface area contributed by atoms with Crippen LogP contribution in [0.1, 0.15) is 51.4 Å². The summed E-state index contributed by atoms with van der Waals surface area (Å²) in [4.78, 5) is 23.4. The Bertz CT molecular complexity index is 1230. The number of anilines is 1. The molecular formula is C30H38N4O4. The number of likely N-dealkylation sites (tertiary alicyclic amines) is 1. The van der Waals surface area contributed by atoms with E-state index < -0.39 is 5.60 Å². The average molecular weight is 519 g/mol. The third-order valence-corrected chi connectivity index (χ3v) is 6.49. The van der Waals surface area contributed by atoms with Crippen molar-refractivity contribution in [2.24, 2.45) is 0 Å². The van der Waals surface area contributed by atoms with Crippen LogP contribution in [0.2, 0.25) is 0 Å². The predicted molar refractivity (Wildman–Crippen MR) is 149 cm³/mol. The molecule has 2 aromatic carbocycles. The number of aromatic nitrogens is 2. The van der Waals surface area contributed by atoms with Gasteiger partial charge in [0.05, 0.1) is 12.8 Å². The van der Waals surface area contributed by atoms with Crippen molar-refractivity contribution in [3.05, 3.63) is 66.1 Å². The highest BCUT2D eigenvalue weighted by molar-refractivity contribution is 5.68. The monoisotopic (exact) mass is 518 g/mol. The number of aromatic hydroxyl groups is 1. The number of benzene rings is 2. The van der Waals surface area contributed by atoms with Gasteiger partial charge >= 0.3 is 6.09 Å². The molecule has 202 valence electrons. The summed E-state index contributed by atoms with van der Waals surface area (Å²) in [6.07, 6.45) is 5.80. The molecule has 0 bridgehead atoms. The number of carbonyl (C=O) groups excluding carboxylic acids is 1. The van der Waals surface area contributed by atoms with E-state index in [0.29, 0.717) is 24.9 Å². The molecule has 1 fully saturated rings. The van der Waals surface area contributed by atoms with Gasteiger partial charge < -0.3 is 24.8 Å². The number of hydrogen-bond acceptors (Lipinski definition) is 7. The highest BCUT2D eigenvalue weighted by Crippen LogP contribution is 2.27. The molecular weight excluding hydrogens is 480 g/mol. The minimum Gasteiger partial charge on any atom is -0.504 e. The van der Waals surface area contributed by atoms with Gasteiger partial charge in [0.15, 0.2) is 11.5 Å². The molecule has 3 aromatic rings. The van der Waals surface area contributed by atoms with E-state index in [9.17, 15) is 9.90 Å². The first-order chi connectivity index (χ1) is 18.2. The summed E-state index contributed by atoms with van der Waals surface area (Å²) in [6, 6.07) is 16.0. The lowest BCUT2D eigenvalue weighted by Gasteiger charge is -2.34. The summed E-state index contributed by atoms with van der Waals surface area (Å²) in [6.45, 7) is 7.03. The van der Waals surface area contributed by atoms with E-state index in [-0.39, 0.29) is 11.8 Å². The number of hydrogen-bond donors (Lipinski definition) is 2. The molecule has 1 aliphatic heterocycles.